The number of rotatable bonds is 4. The minimum Gasteiger partial charge on any atom is -0.364 e. The Morgan fingerprint density at radius 2 is 2.17 bits per heavy atom. The van der Waals surface area contributed by atoms with Crippen LogP contribution in [-0.2, 0) is 6.42 Å². The Balaban J connectivity index is 1.98. The van der Waals surface area contributed by atoms with E-state index in [9.17, 15) is 0 Å². The molecule has 0 spiro atoms. The largest absolute Gasteiger partial charge is 0.364 e. The minimum absolute atomic E-state index is 0.135. The summed E-state index contributed by atoms with van der Waals surface area (Å²) < 4.78 is 0. The fraction of sp³-hybridized carbons (Fsp3) is 0.571. The van der Waals surface area contributed by atoms with Gasteiger partial charge < -0.3 is 5.32 Å². The maximum Gasteiger partial charge on any atom is 0.138 e. The Kier molecular flexibility index (Phi) is 2.77. The van der Waals surface area contributed by atoms with Gasteiger partial charge in [-0.05, 0) is 45.1 Å². The molecule has 2 heterocycles. The standard InChI is InChI=1S/C14H19N3S/c1-4-10-7-11-12(15-8-16-13(11)18-10)17-14(2,3)9-5-6-9/h7-9H,4-6H2,1-3H3,(H,15,16,17). The number of nitrogens with zero attached hydrogens (tertiary/aromatic N) is 2. The number of hydrogen-bond acceptors (Lipinski definition) is 4. The van der Waals surface area contributed by atoms with Crippen LogP contribution in [0.2, 0.25) is 0 Å². The summed E-state index contributed by atoms with van der Waals surface area (Å²) in [6.07, 6.45) is 5.40. The Hall–Kier alpha value is -1.16. The second kappa shape index (κ2) is 4.19. The third kappa shape index (κ3) is 2.09. The molecule has 0 radical (unpaired) electrons. The van der Waals surface area contributed by atoms with Gasteiger partial charge in [0.1, 0.15) is 17.0 Å². The Morgan fingerprint density at radius 3 is 2.83 bits per heavy atom. The Labute approximate surface area is 112 Å². The quantitative estimate of drug-likeness (QED) is 0.908. The third-order valence-electron chi connectivity index (χ3n) is 3.77. The predicted octanol–water partition coefficient (Wildman–Crippen LogP) is 3.85. The predicted molar refractivity (Wildman–Crippen MR) is 77.2 cm³/mol. The summed E-state index contributed by atoms with van der Waals surface area (Å²) in [5.74, 6) is 1.78. The zero-order valence-electron chi connectivity index (χ0n) is 11.2. The monoisotopic (exact) mass is 261 g/mol. The molecule has 0 atom stereocenters. The molecule has 1 fully saturated rings. The average Bonchev–Trinajstić information content (AvgIpc) is 3.10. The van der Waals surface area contributed by atoms with E-state index in [0.29, 0.717) is 0 Å². The van der Waals surface area contributed by atoms with Crippen LogP contribution in [0.3, 0.4) is 0 Å². The van der Waals surface area contributed by atoms with Crippen molar-refractivity contribution >= 4 is 27.4 Å². The van der Waals surface area contributed by atoms with Gasteiger partial charge in [0.2, 0.25) is 0 Å². The lowest BCUT2D eigenvalue weighted by atomic mass is 9.99. The summed E-state index contributed by atoms with van der Waals surface area (Å²) in [7, 11) is 0. The van der Waals surface area contributed by atoms with Gasteiger partial charge in [-0.3, -0.25) is 0 Å². The van der Waals surface area contributed by atoms with Gasteiger partial charge in [0.15, 0.2) is 0 Å². The molecular weight excluding hydrogens is 242 g/mol. The molecule has 1 N–H and O–H groups in total. The van der Waals surface area contributed by atoms with Crippen LogP contribution in [0, 0.1) is 5.92 Å². The fourth-order valence-electron chi connectivity index (χ4n) is 2.39. The van der Waals surface area contributed by atoms with E-state index in [4.69, 9.17) is 0 Å². The zero-order chi connectivity index (χ0) is 12.8. The lowest BCUT2D eigenvalue weighted by Gasteiger charge is -2.27. The highest BCUT2D eigenvalue weighted by Crippen LogP contribution is 2.41. The number of anilines is 1. The Bertz CT molecular complexity index is 569. The van der Waals surface area contributed by atoms with Crippen molar-refractivity contribution in [3.05, 3.63) is 17.3 Å². The van der Waals surface area contributed by atoms with Crippen LogP contribution >= 0.6 is 11.3 Å². The summed E-state index contributed by atoms with van der Waals surface area (Å²) in [6, 6.07) is 2.23. The first kappa shape index (κ1) is 11.9. The van der Waals surface area contributed by atoms with Crippen molar-refractivity contribution in [1.29, 1.82) is 0 Å². The normalized spacial score (nSPS) is 16.2. The van der Waals surface area contributed by atoms with Crippen LogP contribution in [0.15, 0.2) is 12.4 Å². The summed E-state index contributed by atoms with van der Waals surface area (Å²) in [6.45, 7) is 6.72. The topological polar surface area (TPSA) is 37.8 Å². The van der Waals surface area contributed by atoms with E-state index in [1.165, 1.54) is 23.1 Å². The van der Waals surface area contributed by atoms with Crippen molar-refractivity contribution in [2.75, 3.05) is 5.32 Å². The maximum atomic E-state index is 4.43. The SMILES string of the molecule is CCc1cc2c(NC(C)(C)C3CC3)ncnc2s1. The summed E-state index contributed by atoms with van der Waals surface area (Å²) in [4.78, 5) is 11.3. The van der Waals surface area contributed by atoms with E-state index in [0.717, 1.165) is 23.0 Å². The van der Waals surface area contributed by atoms with Gasteiger partial charge in [-0.25, -0.2) is 9.97 Å². The molecule has 1 aliphatic rings. The van der Waals surface area contributed by atoms with Crippen molar-refractivity contribution < 1.29 is 0 Å². The molecule has 2 aromatic heterocycles. The lowest BCUT2D eigenvalue weighted by molar-refractivity contribution is 0.493. The minimum atomic E-state index is 0.135. The van der Waals surface area contributed by atoms with Gasteiger partial charge >= 0.3 is 0 Å². The molecule has 0 amide bonds. The summed E-state index contributed by atoms with van der Waals surface area (Å²) in [5.41, 5.74) is 0.135. The number of aryl methyl sites for hydroxylation is 1. The average molecular weight is 261 g/mol. The number of aromatic nitrogens is 2. The zero-order valence-corrected chi connectivity index (χ0v) is 12.0. The number of nitrogens with one attached hydrogen (secondary N) is 1. The number of fused-ring (bicyclic) bond motifs is 1. The van der Waals surface area contributed by atoms with Crippen LogP contribution in [-0.4, -0.2) is 15.5 Å². The van der Waals surface area contributed by atoms with Crippen molar-refractivity contribution in [3.63, 3.8) is 0 Å². The smallest absolute Gasteiger partial charge is 0.138 e. The summed E-state index contributed by atoms with van der Waals surface area (Å²) >= 11 is 1.77. The molecule has 3 nitrogen and oxygen atoms in total. The highest BCUT2D eigenvalue weighted by atomic mass is 32.1. The second-order valence-corrected chi connectivity index (χ2v) is 6.74. The highest BCUT2D eigenvalue weighted by Gasteiger charge is 2.38. The molecule has 0 saturated heterocycles. The van der Waals surface area contributed by atoms with Crippen molar-refractivity contribution in [2.45, 2.75) is 45.6 Å². The van der Waals surface area contributed by atoms with Crippen molar-refractivity contribution in [3.8, 4) is 0 Å². The van der Waals surface area contributed by atoms with E-state index in [1.807, 2.05) is 0 Å². The Morgan fingerprint density at radius 1 is 1.39 bits per heavy atom. The van der Waals surface area contributed by atoms with E-state index < -0.39 is 0 Å². The van der Waals surface area contributed by atoms with Crippen LogP contribution in [0.4, 0.5) is 5.82 Å². The van der Waals surface area contributed by atoms with Crippen molar-refractivity contribution in [2.24, 2.45) is 5.92 Å². The van der Waals surface area contributed by atoms with E-state index in [-0.39, 0.29) is 5.54 Å². The summed E-state index contributed by atoms with van der Waals surface area (Å²) in [5, 5.41) is 4.79. The third-order valence-corrected chi connectivity index (χ3v) is 4.95. The molecule has 4 heteroatoms. The molecule has 0 aromatic carbocycles. The van der Waals surface area contributed by atoms with Crippen LogP contribution in [0.5, 0.6) is 0 Å². The first-order valence-electron chi connectivity index (χ1n) is 6.62. The van der Waals surface area contributed by atoms with Crippen molar-refractivity contribution in [1.82, 2.24) is 9.97 Å². The van der Waals surface area contributed by atoms with E-state index in [2.05, 4.69) is 42.1 Å². The van der Waals surface area contributed by atoms with E-state index in [1.54, 1.807) is 17.7 Å². The maximum absolute atomic E-state index is 4.43. The molecule has 96 valence electrons. The van der Waals surface area contributed by atoms with Gasteiger partial charge in [0.05, 0.1) is 5.39 Å². The van der Waals surface area contributed by atoms with Gasteiger partial charge in [0.25, 0.3) is 0 Å². The molecule has 1 aliphatic carbocycles. The van der Waals surface area contributed by atoms with Crippen LogP contribution < -0.4 is 5.32 Å². The van der Waals surface area contributed by atoms with Gasteiger partial charge in [-0.2, -0.15) is 0 Å². The number of thiophene rings is 1. The second-order valence-electron chi connectivity index (χ2n) is 5.63. The fourth-order valence-corrected chi connectivity index (χ4v) is 3.33. The first-order valence-corrected chi connectivity index (χ1v) is 7.43. The van der Waals surface area contributed by atoms with E-state index >= 15 is 0 Å². The van der Waals surface area contributed by atoms with Crippen LogP contribution in [0.25, 0.3) is 10.2 Å². The van der Waals surface area contributed by atoms with Gasteiger partial charge in [-0.1, -0.05) is 6.92 Å². The van der Waals surface area contributed by atoms with Crippen LogP contribution in [0.1, 0.15) is 38.5 Å². The highest BCUT2D eigenvalue weighted by molar-refractivity contribution is 7.18. The van der Waals surface area contributed by atoms with Gasteiger partial charge in [0, 0.05) is 10.4 Å². The molecule has 1 saturated carbocycles. The van der Waals surface area contributed by atoms with Gasteiger partial charge in [-0.15, -0.1) is 11.3 Å². The molecule has 0 bridgehead atoms. The lowest BCUT2D eigenvalue weighted by Crippen LogP contribution is -2.33. The molecule has 0 aliphatic heterocycles. The first-order chi connectivity index (χ1) is 8.60. The molecular formula is C14H19N3S. The molecule has 3 rings (SSSR count). The molecule has 0 unspecified atom stereocenters. The molecule has 2 aromatic rings. The number of hydrogen-bond donors (Lipinski definition) is 1. The molecule has 18 heavy (non-hydrogen) atoms.